The van der Waals surface area contributed by atoms with Gasteiger partial charge in [0.2, 0.25) is 0 Å². The third kappa shape index (κ3) is 2.62. The van der Waals surface area contributed by atoms with E-state index in [1.807, 2.05) is 12.1 Å². The number of rotatable bonds is 3. The van der Waals surface area contributed by atoms with Crippen LogP contribution in [0.2, 0.25) is 0 Å². The molecule has 0 fully saturated rings. The van der Waals surface area contributed by atoms with Crippen LogP contribution in [-0.2, 0) is 0 Å². The highest BCUT2D eigenvalue weighted by molar-refractivity contribution is 6.11. The van der Waals surface area contributed by atoms with E-state index in [1.54, 1.807) is 30.5 Å². The third-order valence-electron chi connectivity index (χ3n) is 3.19. The SMILES string of the molecule is O=C(Nc1cccc([N+](=O)[O-])c1)c1cccc2cccnc12. The van der Waals surface area contributed by atoms with Gasteiger partial charge in [-0.15, -0.1) is 0 Å². The summed E-state index contributed by atoms with van der Waals surface area (Å²) in [6.07, 6.45) is 1.62. The molecule has 2 aromatic carbocycles. The van der Waals surface area contributed by atoms with Crippen molar-refractivity contribution in [1.29, 1.82) is 0 Å². The number of hydrogen-bond donors (Lipinski definition) is 1. The van der Waals surface area contributed by atoms with E-state index >= 15 is 0 Å². The minimum Gasteiger partial charge on any atom is -0.322 e. The lowest BCUT2D eigenvalue weighted by Gasteiger charge is -2.07. The van der Waals surface area contributed by atoms with Gasteiger partial charge in [0.25, 0.3) is 11.6 Å². The van der Waals surface area contributed by atoms with Crippen LogP contribution in [0, 0.1) is 10.1 Å². The molecule has 0 bridgehead atoms. The Balaban J connectivity index is 1.94. The molecule has 6 heteroatoms. The number of aromatic nitrogens is 1. The van der Waals surface area contributed by atoms with Crippen LogP contribution in [0.25, 0.3) is 10.9 Å². The maximum atomic E-state index is 12.4. The highest BCUT2D eigenvalue weighted by Crippen LogP contribution is 2.20. The number of benzene rings is 2. The van der Waals surface area contributed by atoms with Crippen LogP contribution in [0.4, 0.5) is 11.4 Å². The molecule has 0 spiro atoms. The number of carbonyl (C=O) groups excluding carboxylic acids is 1. The van der Waals surface area contributed by atoms with Crippen LogP contribution >= 0.6 is 0 Å². The number of nitrogens with zero attached hydrogens (tertiary/aromatic N) is 2. The monoisotopic (exact) mass is 293 g/mol. The highest BCUT2D eigenvalue weighted by atomic mass is 16.6. The molecular weight excluding hydrogens is 282 g/mol. The summed E-state index contributed by atoms with van der Waals surface area (Å²) in [5, 5.41) is 14.3. The molecule has 0 saturated heterocycles. The van der Waals surface area contributed by atoms with E-state index in [0.717, 1.165) is 5.39 Å². The van der Waals surface area contributed by atoms with E-state index in [4.69, 9.17) is 0 Å². The topological polar surface area (TPSA) is 85.1 Å². The maximum Gasteiger partial charge on any atom is 0.271 e. The standard InChI is InChI=1S/C16H11N3O3/c20-16(18-12-6-2-7-13(10-12)19(21)22)14-8-1-4-11-5-3-9-17-15(11)14/h1-10H,(H,18,20). The quantitative estimate of drug-likeness (QED) is 0.592. The fraction of sp³-hybridized carbons (Fsp3) is 0. The van der Waals surface area contributed by atoms with Gasteiger partial charge >= 0.3 is 0 Å². The molecule has 3 aromatic rings. The summed E-state index contributed by atoms with van der Waals surface area (Å²) in [6, 6.07) is 14.8. The number of nitrogens with one attached hydrogen (secondary N) is 1. The second-order valence-corrected chi connectivity index (χ2v) is 4.64. The van der Waals surface area contributed by atoms with Crippen molar-refractivity contribution < 1.29 is 9.72 Å². The Labute approximate surface area is 125 Å². The minimum atomic E-state index is -0.505. The van der Waals surface area contributed by atoms with Gasteiger partial charge < -0.3 is 5.32 Å². The lowest BCUT2D eigenvalue weighted by molar-refractivity contribution is -0.384. The van der Waals surface area contributed by atoms with Gasteiger partial charge in [0.1, 0.15) is 0 Å². The first-order valence-electron chi connectivity index (χ1n) is 6.55. The molecule has 22 heavy (non-hydrogen) atoms. The van der Waals surface area contributed by atoms with Gasteiger partial charge in [0.15, 0.2) is 0 Å². The van der Waals surface area contributed by atoms with Crippen LogP contribution in [0.1, 0.15) is 10.4 Å². The minimum absolute atomic E-state index is 0.0751. The lowest BCUT2D eigenvalue weighted by atomic mass is 10.1. The Hall–Kier alpha value is -3.28. The molecule has 3 rings (SSSR count). The van der Waals surface area contributed by atoms with E-state index in [2.05, 4.69) is 10.3 Å². The van der Waals surface area contributed by atoms with E-state index in [9.17, 15) is 14.9 Å². The molecule has 0 aliphatic rings. The molecule has 0 saturated carbocycles. The molecule has 0 radical (unpaired) electrons. The van der Waals surface area contributed by atoms with Gasteiger partial charge in [-0.2, -0.15) is 0 Å². The van der Waals surface area contributed by atoms with Crippen molar-refractivity contribution in [2.24, 2.45) is 0 Å². The summed E-state index contributed by atoms with van der Waals surface area (Å²) in [4.78, 5) is 26.9. The summed E-state index contributed by atoms with van der Waals surface area (Å²) in [5.41, 5.74) is 1.30. The lowest BCUT2D eigenvalue weighted by Crippen LogP contribution is -2.12. The van der Waals surface area contributed by atoms with Gasteiger partial charge in [-0.25, -0.2) is 0 Å². The second kappa shape index (κ2) is 5.61. The first-order valence-corrected chi connectivity index (χ1v) is 6.55. The summed E-state index contributed by atoms with van der Waals surface area (Å²) < 4.78 is 0. The van der Waals surface area contributed by atoms with Gasteiger partial charge in [-0.1, -0.05) is 24.3 Å². The molecule has 1 aromatic heterocycles. The molecular formula is C16H11N3O3. The first-order chi connectivity index (χ1) is 10.6. The Morgan fingerprint density at radius 1 is 1.09 bits per heavy atom. The van der Waals surface area contributed by atoms with Gasteiger partial charge in [0.05, 0.1) is 16.0 Å². The van der Waals surface area contributed by atoms with Gasteiger partial charge in [-0.3, -0.25) is 19.9 Å². The number of para-hydroxylation sites is 1. The molecule has 108 valence electrons. The van der Waals surface area contributed by atoms with Crippen LogP contribution in [0.3, 0.4) is 0 Å². The van der Waals surface area contributed by atoms with E-state index in [1.165, 1.54) is 18.2 Å². The number of amides is 1. The number of nitro groups is 1. The number of hydrogen-bond acceptors (Lipinski definition) is 4. The largest absolute Gasteiger partial charge is 0.322 e. The summed E-state index contributed by atoms with van der Waals surface area (Å²) >= 11 is 0. The van der Waals surface area contributed by atoms with Crippen molar-refractivity contribution in [2.75, 3.05) is 5.32 Å². The summed E-state index contributed by atoms with van der Waals surface area (Å²) in [6.45, 7) is 0. The van der Waals surface area contributed by atoms with Crippen molar-refractivity contribution in [3.8, 4) is 0 Å². The smallest absolute Gasteiger partial charge is 0.271 e. The van der Waals surface area contributed by atoms with Crippen LogP contribution in [0.15, 0.2) is 60.8 Å². The van der Waals surface area contributed by atoms with Gasteiger partial charge in [0, 0.05) is 29.4 Å². The number of anilines is 1. The van der Waals surface area contributed by atoms with Crippen LogP contribution < -0.4 is 5.32 Å². The molecule has 0 aliphatic carbocycles. The Morgan fingerprint density at radius 2 is 1.86 bits per heavy atom. The summed E-state index contributed by atoms with van der Waals surface area (Å²) in [5.74, 6) is -0.357. The Morgan fingerprint density at radius 3 is 2.68 bits per heavy atom. The summed E-state index contributed by atoms with van der Waals surface area (Å²) in [7, 11) is 0. The van der Waals surface area contributed by atoms with Crippen molar-refractivity contribution in [1.82, 2.24) is 4.98 Å². The number of fused-ring (bicyclic) bond motifs is 1. The second-order valence-electron chi connectivity index (χ2n) is 4.64. The van der Waals surface area contributed by atoms with E-state index in [-0.39, 0.29) is 11.6 Å². The highest BCUT2D eigenvalue weighted by Gasteiger charge is 2.12. The molecule has 0 atom stereocenters. The Bertz CT molecular complexity index is 872. The molecule has 1 amide bonds. The molecule has 6 nitrogen and oxygen atoms in total. The number of non-ortho nitro benzene ring substituents is 1. The third-order valence-corrected chi connectivity index (χ3v) is 3.19. The van der Waals surface area contributed by atoms with Crippen LogP contribution in [-0.4, -0.2) is 15.8 Å². The molecule has 0 unspecified atom stereocenters. The first kappa shape index (κ1) is 13.7. The van der Waals surface area contributed by atoms with Crippen molar-refractivity contribution >= 4 is 28.2 Å². The number of pyridine rings is 1. The van der Waals surface area contributed by atoms with Crippen molar-refractivity contribution in [2.45, 2.75) is 0 Å². The average molecular weight is 293 g/mol. The van der Waals surface area contributed by atoms with Crippen LogP contribution in [0.5, 0.6) is 0 Å². The molecule has 1 N–H and O–H groups in total. The number of carbonyl (C=O) groups is 1. The van der Waals surface area contributed by atoms with E-state index < -0.39 is 4.92 Å². The van der Waals surface area contributed by atoms with E-state index in [0.29, 0.717) is 16.8 Å². The zero-order valence-corrected chi connectivity index (χ0v) is 11.4. The molecule has 1 heterocycles. The van der Waals surface area contributed by atoms with Gasteiger partial charge in [-0.05, 0) is 18.2 Å². The Kier molecular flexibility index (Phi) is 3.49. The fourth-order valence-corrected chi connectivity index (χ4v) is 2.18. The zero-order valence-electron chi connectivity index (χ0n) is 11.4. The zero-order chi connectivity index (χ0) is 15.5. The fourth-order valence-electron chi connectivity index (χ4n) is 2.18. The predicted molar refractivity (Wildman–Crippen MR) is 82.8 cm³/mol. The van der Waals surface area contributed by atoms with Crippen molar-refractivity contribution in [3.63, 3.8) is 0 Å². The maximum absolute atomic E-state index is 12.4. The average Bonchev–Trinajstić information content (AvgIpc) is 2.54. The molecule has 0 aliphatic heterocycles. The number of nitro benzene ring substituents is 1. The normalized spacial score (nSPS) is 10.4. The predicted octanol–water partition coefficient (Wildman–Crippen LogP) is 3.40. The van der Waals surface area contributed by atoms with Crippen molar-refractivity contribution in [3.05, 3.63) is 76.5 Å².